The predicted octanol–water partition coefficient (Wildman–Crippen LogP) is 3.50. The summed E-state index contributed by atoms with van der Waals surface area (Å²) in [6.45, 7) is 3.15. The third-order valence-electron chi connectivity index (χ3n) is 7.79. The molecular formula is C23H32F3N3O5S. The summed E-state index contributed by atoms with van der Waals surface area (Å²) < 4.78 is 75.7. The largest absolute Gasteiger partial charge is 0.440 e. The van der Waals surface area contributed by atoms with Gasteiger partial charge in [-0.3, -0.25) is 4.90 Å². The van der Waals surface area contributed by atoms with Gasteiger partial charge in [0.15, 0.2) is 21.8 Å². The van der Waals surface area contributed by atoms with E-state index in [9.17, 15) is 26.4 Å². The molecule has 0 aromatic carbocycles. The van der Waals surface area contributed by atoms with Gasteiger partial charge in [0.25, 0.3) is 6.43 Å². The van der Waals surface area contributed by atoms with Gasteiger partial charge in [0.05, 0.1) is 36.4 Å². The lowest BCUT2D eigenvalue weighted by atomic mass is 9.86. The van der Waals surface area contributed by atoms with Gasteiger partial charge >= 0.3 is 6.09 Å². The van der Waals surface area contributed by atoms with Crippen LogP contribution in [-0.2, 0) is 24.7 Å². The molecule has 0 N–H and O–H groups in total. The summed E-state index contributed by atoms with van der Waals surface area (Å²) in [6, 6.07) is -1.32. The molecule has 0 spiro atoms. The highest BCUT2D eigenvalue weighted by Gasteiger charge is 2.60. The number of likely N-dealkylation sites (tertiary alicyclic amines) is 1. The topological polar surface area (TPSA) is 98.7 Å². The minimum absolute atomic E-state index is 0.0277. The Morgan fingerprint density at radius 3 is 2.54 bits per heavy atom. The lowest BCUT2D eigenvalue weighted by molar-refractivity contribution is -0.0450. The fraction of sp³-hybridized carbons (Fsp3) is 0.783. The van der Waals surface area contributed by atoms with Crippen molar-refractivity contribution in [2.45, 2.75) is 93.8 Å². The van der Waals surface area contributed by atoms with Gasteiger partial charge < -0.3 is 9.47 Å². The van der Waals surface area contributed by atoms with Crippen LogP contribution < -0.4 is 0 Å². The predicted molar refractivity (Wildman–Crippen MR) is 120 cm³/mol. The Balaban J connectivity index is 1.42. The van der Waals surface area contributed by atoms with Gasteiger partial charge in [0, 0.05) is 17.7 Å². The van der Waals surface area contributed by atoms with Crippen molar-refractivity contribution in [3.05, 3.63) is 24.0 Å². The van der Waals surface area contributed by atoms with Crippen LogP contribution in [0.4, 0.5) is 18.0 Å². The maximum absolute atomic E-state index is 13.2. The molecule has 1 aromatic heterocycles. The zero-order valence-electron chi connectivity index (χ0n) is 20.1. The number of carbonyl (C=O) groups excluding carboxylic acids is 1. The van der Waals surface area contributed by atoms with E-state index < -0.39 is 51.6 Å². The molecule has 1 unspecified atom stereocenters. The molecule has 35 heavy (non-hydrogen) atoms. The number of fused-ring (bicyclic) bond motifs is 1. The smallest absolute Gasteiger partial charge is 0.410 e. The Morgan fingerprint density at radius 2 is 1.97 bits per heavy atom. The average molecular weight is 520 g/mol. The van der Waals surface area contributed by atoms with Crippen LogP contribution in [0.3, 0.4) is 0 Å². The molecule has 12 heteroatoms. The summed E-state index contributed by atoms with van der Waals surface area (Å²) in [5, 5.41) is -0.868. The number of alkyl halides is 2. The van der Waals surface area contributed by atoms with E-state index in [1.165, 1.54) is 24.2 Å². The Hall–Kier alpha value is -1.95. The third kappa shape index (κ3) is 5.28. The van der Waals surface area contributed by atoms with Gasteiger partial charge in [-0.1, -0.05) is 6.92 Å². The molecule has 4 rings (SSSR count). The van der Waals surface area contributed by atoms with E-state index in [0.29, 0.717) is 12.2 Å². The molecule has 2 heterocycles. The molecule has 7 atom stereocenters. The van der Waals surface area contributed by atoms with Crippen LogP contribution in [0.5, 0.6) is 0 Å². The first-order valence-electron chi connectivity index (χ1n) is 12.0. The Morgan fingerprint density at radius 1 is 1.29 bits per heavy atom. The van der Waals surface area contributed by atoms with E-state index in [1.54, 1.807) is 6.92 Å². The number of hydrogen-bond donors (Lipinski definition) is 0. The monoisotopic (exact) mass is 519 g/mol. The van der Waals surface area contributed by atoms with E-state index >= 15 is 0 Å². The second-order valence-corrected chi connectivity index (χ2v) is 12.4. The Labute approximate surface area is 203 Å². The number of nitrogens with zero attached hydrogens (tertiary/aromatic N) is 3. The van der Waals surface area contributed by atoms with Gasteiger partial charge in [-0.15, -0.1) is 0 Å². The number of carbonyl (C=O) groups is 1. The molecule has 1 saturated heterocycles. The van der Waals surface area contributed by atoms with Crippen LogP contribution in [-0.4, -0.2) is 78.2 Å². The van der Waals surface area contributed by atoms with E-state index in [0.717, 1.165) is 25.5 Å². The normalized spacial score (nSPS) is 33.5. The van der Waals surface area contributed by atoms with Crippen molar-refractivity contribution >= 4 is 15.9 Å². The maximum atomic E-state index is 13.2. The molecule has 8 nitrogen and oxygen atoms in total. The minimum atomic E-state index is -3.53. The molecule has 1 aromatic rings. The molecule has 1 amide bonds. The summed E-state index contributed by atoms with van der Waals surface area (Å²) in [7, 11) is -3.53. The summed E-state index contributed by atoms with van der Waals surface area (Å²) in [5.41, 5.74) is -0.162. The maximum Gasteiger partial charge on any atom is 0.410 e. The molecular weight excluding hydrogens is 487 g/mol. The summed E-state index contributed by atoms with van der Waals surface area (Å²) in [5.74, 6) is 0.451. The van der Waals surface area contributed by atoms with Crippen molar-refractivity contribution in [1.82, 2.24) is 14.9 Å². The van der Waals surface area contributed by atoms with Crippen molar-refractivity contribution in [2.75, 3.05) is 12.9 Å². The van der Waals surface area contributed by atoms with Gasteiger partial charge in [-0.2, -0.15) is 0 Å². The standard InChI is InChI=1S/C23H32F3N3O5S/c1-4-18(20(25)26)34-22(30)29-13(2)7-19(35(3,31)32)17(29)12-33-16-5-6-23(9-14(23)8-16)21-27-10-15(24)11-28-21/h10-11,13-14,16-20H,4-9,12H2,1-3H3/t13-,14-,16+,17-,18?,19+,23-/m1/s1. The van der Waals surface area contributed by atoms with Crippen LogP contribution in [0.15, 0.2) is 12.4 Å². The van der Waals surface area contributed by atoms with E-state index in [4.69, 9.17) is 9.47 Å². The van der Waals surface area contributed by atoms with E-state index in [-0.39, 0.29) is 36.9 Å². The quantitative estimate of drug-likeness (QED) is 0.518. The second-order valence-electron chi connectivity index (χ2n) is 10.1. The fourth-order valence-electron chi connectivity index (χ4n) is 5.77. The van der Waals surface area contributed by atoms with Crippen LogP contribution in [0.2, 0.25) is 0 Å². The highest BCUT2D eigenvalue weighted by atomic mass is 32.2. The van der Waals surface area contributed by atoms with Crippen LogP contribution in [0.25, 0.3) is 0 Å². The SMILES string of the molecule is CCC(OC(=O)N1[C@H](C)C[C@H](S(C)(=O)=O)[C@H]1CO[C@H]1CC[C@@]2(c3ncc(F)cn3)C[C@H]2C1)C(F)F. The minimum Gasteiger partial charge on any atom is -0.440 e. The van der Waals surface area contributed by atoms with Gasteiger partial charge in [0.2, 0.25) is 0 Å². The van der Waals surface area contributed by atoms with Gasteiger partial charge in [-0.25, -0.2) is 36.4 Å². The molecule has 196 valence electrons. The number of halogens is 3. The lowest BCUT2D eigenvalue weighted by Crippen LogP contribution is -2.48. The molecule has 1 aliphatic heterocycles. The van der Waals surface area contributed by atoms with E-state index in [1.807, 2.05) is 0 Å². The summed E-state index contributed by atoms with van der Waals surface area (Å²) in [4.78, 5) is 22.4. The Kier molecular flexibility index (Phi) is 7.34. The molecule has 0 radical (unpaired) electrons. The van der Waals surface area contributed by atoms with Crippen molar-refractivity contribution in [1.29, 1.82) is 0 Å². The first-order chi connectivity index (χ1) is 16.5. The van der Waals surface area contributed by atoms with Gasteiger partial charge in [-0.05, 0) is 51.4 Å². The molecule has 3 fully saturated rings. The number of ether oxygens (including phenoxy) is 2. The van der Waals surface area contributed by atoms with Crippen molar-refractivity contribution in [3.8, 4) is 0 Å². The summed E-state index contributed by atoms with van der Waals surface area (Å²) >= 11 is 0. The highest BCUT2D eigenvalue weighted by molar-refractivity contribution is 7.91. The van der Waals surface area contributed by atoms with Gasteiger partial charge in [0.1, 0.15) is 5.82 Å². The summed E-state index contributed by atoms with van der Waals surface area (Å²) in [6.07, 6.45) is 1.20. The number of sulfone groups is 1. The number of hydrogen-bond acceptors (Lipinski definition) is 7. The van der Waals surface area contributed by atoms with Crippen molar-refractivity contribution in [3.63, 3.8) is 0 Å². The highest BCUT2D eigenvalue weighted by Crippen LogP contribution is 2.61. The van der Waals surface area contributed by atoms with Crippen LogP contribution in [0.1, 0.15) is 58.2 Å². The first-order valence-corrected chi connectivity index (χ1v) is 14.0. The number of rotatable bonds is 8. The average Bonchev–Trinajstić information content (AvgIpc) is 3.42. The van der Waals surface area contributed by atoms with Crippen molar-refractivity contribution < 1.29 is 35.9 Å². The zero-order chi connectivity index (χ0) is 25.5. The van der Waals surface area contributed by atoms with Crippen molar-refractivity contribution in [2.24, 2.45) is 5.92 Å². The Bertz CT molecular complexity index is 1030. The zero-order valence-corrected chi connectivity index (χ0v) is 20.9. The molecule has 3 aliphatic rings. The number of aromatic nitrogens is 2. The molecule has 2 saturated carbocycles. The number of amides is 1. The third-order valence-corrected chi connectivity index (χ3v) is 9.40. The fourth-order valence-corrected chi connectivity index (χ4v) is 7.18. The lowest BCUT2D eigenvalue weighted by Gasteiger charge is -2.33. The van der Waals surface area contributed by atoms with E-state index in [2.05, 4.69) is 9.97 Å². The molecule has 0 bridgehead atoms. The van der Waals surface area contributed by atoms with Crippen LogP contribution in [0, 0.1) is 11.7 Å². The second kappa shape index (κ2) is 9.84. The molecule has 2 aliphatic carbocycles. The first kappa shape index (κ1) is 26.1. The van der Waals surface area contributed by atoms with Crippen LogP contribution >= 0.6 is 0 Å².